The molecule has 0 amide bonds. The number of fused-ring (bicyclic) bond motifs is 3. The standard InChI is InChI=1S/C24H18N4O4/c1-31-18-10-11-21-19(12-18)20-13-25-28-22(20)23(27-21)26-16-6-2-14(3-7-16)15-4-8-17(9-5-15)32-24(29)30/h2-13H,1H3,(H,25,28)(H,26,27)(H,29,30). The number of H-pyrrole nitrogens is 1. The maximum atomic E-state index is 10.6. The molecule has 2 heterocycles. The number of hydrogen-bond donors (Lipinski definition) is 3. The van der Waals surface area contributed by atoms with Crippen molar-refractivity contribution >= 4 is 39.5 Å². The summed E-state index contributed by atoms with van der Waals surface area (Å²) < 4.78 is 9.98. The largest absolute Gasteiger partial charge is 0.511 e. The van der Waals surface area contributed by atoms with Crippen LogP contribution in [-0.2, 0) is 0 Å². The van der Waals surface area contributed by atoms with Crippen molar-refractivity contribution in [3.63, 3.8) is 0 Å². The Labute approximate surface area is 182 Å². The highest BCUT2D eigenvalue weighted by molar-refractivity contribution is 6.09. The van der Waals surface area contributed by atoms with Gasteiger partial charge in [-0.3, -0.25) is 5.10 Å². The smallest absolute Gasteiger partial charge is 0.497 e. The van der Waals surface area contributed by atoms with Crippen LogP contribution in [0, 0.1) is 0 Å². The van der Waals surface area contributed by atoms with Gasteiger partial charge in [-0.2, -0.15) is 5.10 Å². The molecule has 0 atom stereocenters. The predicted octanol–water partition coefficient (Wildman–Crippen LogP) is 5.59. The molecule has 5 rings (SSSR count). The first-order valence-electron chi connectivity index (χ1n) is 9.80. The first-order chi connectivity index (χ1) is 15.6. The summed E-state index contributed by atoms with van der Waals surface area (Å²) in [6, 6.07) is 20.5. The summed E-state index contributed by atoms with van der Waals surface area (Å²) >= 11 is 0. The number of benzene rings is 3. The summed E-state index contributed by atoms with van der Waals surface area (Å²) in [5.41, 5.74) is 4.37. The van der Waals surface area contributed by atoms with E-state index in [1.54, 1.807) is 19.2 Å². The van der Waals surface area contributed by atoms with Gasteiger partial charge in [0.15, 0.2) is 5.82 Å². The summed E-state index contributed by atoms with van der Waals surface area (Å²) in [4.78, 5) is 15.4. The molecule has 8 nitrogen and oxygen atoms in total. The Balaban J connectivity index is 1.43. The van der Waals surface area contributed by atoms with Crippen LogP contribution in [0.15, 0.2) is 72.9 Å². The van der Waals surface area contributed by atoms with E-state index in [9.17, 15) is 4.79 Å². The van der Waals surface area contributed by atoms with Gasteiger partial charge in [0.25, 0.3) is 0 Å². The maximum absolute atomic E-state index is 10.6. The van der Waals surface area contributed by atoms with Crippen molar-refractivity contribution in [3.05, 3.63) is 72.9 Å². The van der Waals surface area contributed by atoms with Gasteiger partial charge < -0.3 is 19.9 Å². The second kappa shape index (κ2) is 7.92. The fraction of sp³-hybridized carbons (Fsp3) is 0.0417. The van der Waals surface area contributed by atoms with Crippen molar-refractivity contribution in [2.24, 2.45) is 0 Å². The summed E-state index contributed by atoms with van der Waals surface area (Å²) in [7, 11) is 1.64. The minimum Gasteiger partial charge on any atom is -0.497 e. The second-order valence-electron chi connectivity index (χ2n) is 7.09. The molecular weight excluding hydrogens is 408 g/mol. The highest BCUT2D eigenvalue weighted by Crippen LogP contribution is 2.32. The molecular formula is C24H18N4O4. The Bertz CT molecular complexity index is 1430. The maximum Gasteiger partial charge on any atom is 0.511 e. The van der Waals surface area contributed by atoms with Gasteiger partial charge in [0, 0.05) is 22.7 Å². The molecule has 0 fully saturated rings. The van der Waals surface area contributed by atoms with Crippen LogP contribution in [0.25, 0.3) is 32.9 Å². The molecule has 32 heavy (non-hydrogen) atoms. The van der Waals surface area contributed by atoms with Gasteiger partial charge in [0.1, 0.15) is 17.0 Å². The highest BCUT2D eigenvalue weighted by atomic mass is 16.7. The lowest BCUT2D eigenvalue weighted by atomic mass is 10.1. The lowest BCUT2D eigenvalue weighted by Crippen LogP contribution is -2.02. The third kappa shape index (κ3) is 3.65. The van der Waals surface area contributed by atoms with Gasteiger partial charge in [-0.15, -0.1) is 0 Å². The summed E-state index contributed by atoms with van der Waals surface area (Å²) in [5.74, 6) is 1.70. The van der Waals surface area contributed by atoms with Crippen LogP contribution in [-0.4, -0.2) is 33.6 Å². The molecule has 2 aromatic heterocycles. The molecule has 0 aliphatic carbocycles. The van der Waals surface area contributed by atoms with Crippen LogP contribution in [0.5, 0.6) is 11.5 Å². The first-order valence-corrected chi connectivity index (χ1v) is 9.80. The molecule has 0 saturated heterocycles. The van der Waals surface area contributed by atoms with E-state index in [0.29, 0.717) is 5.82 Å². The van der Waals surface area contributed by atoms with Gasteiger partial charge in [0.2, 0.25) is 0 Å². The number of aromatic nitrogens is 3. The summed E-state index contributed by atoms with van der Waals surface area (Å²) in [6.45, 7) is 0. The number of nitrogens with zero attached hydrogens (tertiary/aromatic N) is 2. The zero-order valence-electron chi connectivity index (χ0n) is 17.0. The first kappa shape index (κ1) is 19.4. The quantitative estimate of drug-likeness (QED) is 0.248. The van der Waals surface area contributed by atoms with Crippen molar-refractivity contribution in [2.45, 2.75) is 0 Å². The van der Waals surface area contributed by atoms with Crippen molar-refractivity contribution < 1.29 is 19.4 Å². The molecule has 0 saturated carbocycles. The molecule has 0 radical (unpaired) electrons. The number of methoxy groups -OCH3 is 1. The Morgan fingerprint density at radius 2 is 1.62 bits per heavy atom. The van der Waals surface area contributed by atoms with E-state index in [1.165, 1.54) is 0 Å². The third-order valence-electron chi connectivity index (χ3n) is 5.13. The van der Waals surface area contributed by atoms with E-state index in [-0.39, 0.29) is 5.75 Å². The zero-order chi connectivity index (χ0) is 22.1. The molecule has 0 spiro atoms. The topological polar surface area (TPSA) is 109 Å². The highest BCUT2D eigenvalue weighted by Gasteiger charge is 2.12. The number of ether oxygens (including phenoxy) is 2. The van der Waals surface area contributed by atoms with Crippen LogP contribution in [0.4, 0.5) is 16.3 Å². The fourth-order valence-electron chi connectivity index (χ4n) is 3.59. The molecule has 0 unspecified atom stereocenters. The van der Waals surface area contributed by atoms with E-state index >= 15 is 0 Å². The minimum atomic E-state index is -1.33. The molecule has 5 aromatic rings. The molecule has 8 heteroatoms. The number of pyridine rings is 1. The van der Waals surface area contributed by atoms with E-state index in [2.05, 4.69) is 20.3 Å². The Morgan fingerprint density at radius 3 is 2.31 bits per heavy atom. The predicted molar refractivity (Wildman–Crippen MR) is 122 cm³/mol. The van der Waals surface area contributed by atoms with Crippen molar-refractivity contribution in [1.82, 2.24) is 15.2 Å². The van der Waals surface area contributed by atoms with Gasteiger partial charge >= 0.3 is 6.16 Å². The molecule has 0 aliphatic rings. The van der Waals surface area contributed by atoms with Gasteiger partial charge in [0.05, 0.1) is 12.6 Å². The lowest BCUT2D eigenvalue weighted by Gasteiger charge is -2.10. The average Bonchev–Trinajstić information content (AvgIpc) is 3.30. The number of carboxylic acid groups (broad SMARTS) is 1. The van der Waals surface area contributed by atoms with Crippen LogP contribution < -0.4 is 14.8 Å². The molecule has 0 aliphatic heterocycles. The van der Waals surface area contributed by atoms with E-state index < -0.39 is 6.16 Å². The fourth-order valence-corrected chi connectivity index (χ4v) is 3.59. The Kier molecular flexibility index (Phi) is 4.79. The second-order valence-corrected chi connectivity index (χ2v) is 7.09. The third-order valence-corrected chi connectivity index (χ3v) is 5.13. The number of aromatic amines is 1. The Hall–Kier alpha value is -4.59. The minimum absolute atomic E-state index is 0.280. The van der Waals surface area contributed by atoms with Crippen LogP contribution in [0.3, 0.4) is 0 Å². The number of nitrogens with one attached hydrogen (secondary N) is 2. The van der Waals surface area contributed by atoms with Crippen LogP contribution in [0.2, 0.25) is 0 Å². The van der Waals surface area contributed by atoms with Crippen molar-refractivity contribution in [3.8, 4) is 22.6 Å². The van der Waals surface area contributed by atoms with Crippen molar-refractivity contribution in [1.29, 1.82) is 0 Å². The zero-order valence-corrected chi connectivity index (χ0v) is 17.0. The van der Waals surface area contributed by atoms with Gasteiger partial charge in [-0.1, -0.05) is 24.3 Å². The number of hydrogen-bond acceptors (Lipinski definition) is 6. The van der Waals surface area contributed by atoms with Gasteiger partial charge in [-0.05, 0) is 53.6 Å². The van der Waals surface area contributed by atoms with E-state index in [4.69, 9.17) is 14.8 Å². The molecule has 3 aromatic carbocycles. The van der Waals surface area contributed by atoms with Crippen LogP contribution in [0.1, 0.15) is 0 Å². The average molecular weight is 426 g/mol. The molecule has 158 valence electrons. The molecule has 3 N–H and O–H groups in total. The normalized spacial score (nSPS) is 10.9. The number of anilines is 2. The Morgan fingerprint density at radius 1 is 0.938 bits per heavy atom. The SMILES string of the molecule is COc1ccc2nc(Nc3ccc(-c4ccc(OC(=O)O)cc4)cc3)c3n[nH]cc3c2c1. The van der Waals surface area contributed by atoms with E-state index in [0.717, 1.165) is 44.4 Å². The van der Waals surface area contributed by atoms with E-state index in [1.807, 2.05) is 60.8 Å². The lowest BCUT2D eigenvalue weighted by molar-refractivity contribution is 0.144. The number of carbonyl (C=O) groups is 1. The molecule has 0 bridgehead atoms. The van der Waals surface area contributed by atoms with Crippen molar-refractivity contribution in [2.75, 3.05) is 12.4 Å². The van der Waals surface area contributed by atoms with Gasteiger partial charge in [-0.25, -0.2) is 9.78 Å². The number of rotatable bonds is 5. The summed E-state index contributed by atoms with van der Waals surface area (Å²) in [6.07, 6.45) is 0.519. The summed E-state index contributed by atoms with van der Waals surface area (Å²) in [5, 5.41) is 21.3. The monoisotopic (exact) mass is 426 g/mol. The van der Waals surface area contributed by atoms with Crippen LogP contribution >= 0.6 is 0 Å².